The van der Waals surface area contributed by atoms with Crippen LogP contribution in [0.25, 0.3) is 10.9 Å². The van der Waals surface area contributed by atoms with Crippen LogP contribution >= 0.6 is 0 Å². The number of rotatable bonds is 6. The van der Waals surface area contributed by atoms with Crippen LogP contribution in [0.3, 0.4) is 0 Å². The second-order valence-electron chi connectivity index (χ2n) is 9.53. The van der Waals surface area contributed by atoms with Crippen LogP contribution in [-0.2, 0) is 20.0 Å². The lowest BCUT2D eigenvalue weighted by Crippen LogP contribution is -2.35. The van der Waals surface area contributed by atoms with Gasteiger partial charge < -0.3 is 5.32 Å². The van der Waals surface area contributed by atoms with E-state index >= 15 is 0 Å². The van der Waals surface area contributed by atoms with Crippen molar-refractivity contribution in [3.8, 4) is 0 Å². The average Bonchev–Trinajstić information content (AvgIpc) is 3.45. The molecule has 6 heteroatoms. The third kappa shape index (κ3) is 4.70. The van der Waals surface area contributed by atoms with Gasteiger partial charge in [0, 0.05) is 37.4 Å². The first-order valence-corrected chi connectivity index (χ1v) is 12.0. The summed E-state index contributed by atoms with van der Waals surface area (Å²) in [4.78, 5) is 19.9. The molecule has 0 unspecified atom stereocenters. The number of nitrogens with zero attached hydrogens (tertiary/aromatic N) is 4. The van der Waals surface area contributed by atoms with Gasteiger partial charge in [0.15, 0.2) is 0 Å². The summed E-state index contributed by atoms with van der Waals surface area (Å²) < 4.78 is 1.79. The lowest BCUT2D eigenvalue weighted by Gasteiger charge is -2.32. The molecule has 6 nitrogen and oxygen atoms in total. The summed E-state index contributed by atoms with van der Waals surface area (Å²) in [6, 6.07) is 10.9. The Balaban J connectivity index is 1.19. The lowest BCUT2D eigenvalue weighted by atomic mass is 9.90. The fourth-order valence-electron chi connectivity index (χ4n) is 5.38. The molecule has 3 aromatic rings. The van der Waals surface area contributed by atoms with E-state index in [2.05, 4.69) is 44.6 Å². The highest BCUT2D eigenvalue weighted by Crippen LogP contribution is 2.26. The summed E-state index contributed by atoms with van der Waals surface area (Å²) in [5.74, 6) is 0.635. The number of amides is 1. The molecule has 3 heterocycles. The molecular weight excluding hydrogens is 398 g/mol. The smallest absolute Gasteiger partial charge is 0.254 e. The van der Waals surface area contributed by atoms with E-state index in [4.69, 9.17) is 0 Å². The molecule has 2 fully saturated rings. The highest BCUT2D eigenvalue weighted by Gasteiger charge is 2.25. The van der Waals surface area contributed by atoms with Gasteiger partial charge in [0.25, 0.3) is 5.91 Å². The molecule has 0 atom stereocenters. The second-order valence-corrected chi connectivity index (χ2v) is 9.53. The quantitative estimate of drug-likeness (QED) is 0.638. The zero-order chi connectivity index (χ0) is 21.9. The fourth-order valence-corrected chi connectivity index (χ4v) is 5.38. The second kappa shape index (κ2) is 9.41. The van der Waals surface area contributed by atoms with Crippen LogP contribution in [0.4, 0.5) is 0 Å². The van der Waals surface area contributed by atoms with E-state index in [-0.39, 0.29) is 5.91 Å². The van der Waals surface area contributed by atoms with E-state index < -0.39 is 0 Å². The summed E-state index contributed by atoms with van der Waals surface area (Å²) >= 11 is 0. The first-order chi connectivity index (χ1) is 15.7. The van der Waals surface area contributed by atoms with Gasteiger partial charge in [0.1, 0.15) is 0 Å². The molecule has 1 aliphatic carbocycles. The van der Waals surface area contributed by atoms with Gasteiger partial charge in [-0.1, -0.05) is 31.0 Å². The normalized spacial score (nSPS) is 18.4. The van der Waals surface area contributed by atoms with Crippen molar-refractivity contribution in [2.75, 3.05) is 13.1 Å². The van der Waals surface area contributed by atoms with Crippen molar-refractivity contribution in [1.82, 2.24) is 25.0 Å². The Morgan fingerprint density at radius 1 is 1.09 bits per heavy atom. The summed E-state index contributed by atoms with van der Waals surface area (Å²) in [5.41, 5.74) is 4.15. The molecular formula is C26H33N5O. The largest absolute Gasteiger partial charge is 0.349 e. The molecule has 5 rings (SSSR count). The zero-order valence-electron chi connectivity index (χ0n) is 19.0. The Bertz CT molecular complexity index is 1070. The minimum absolute atomic E-state index is 0.0574. The van der Waals surface area contributed by atoms with Gasteiger partial charge >= 0.3 is 0 Å². The van der Waals surface area contributed by atoms with Crippen LogP contribution in [-0.4, -0.2) is 44.7 Å². The average molecular weight is 432 g/mol. The Labute approximate surface area is 190 Å². The molecule has 0 radical (unpaired) electrons. The van der Waals surface area contributed by atoms with E-state index in [1.165, 1.54) is 23.8 Å². The number of piperidine rings is 1. The molecule has 168 valence electrons. The van der Waals surface area contributed by atoms with Crippen molar-refractivity contribution >= 4 is 16.8 Å². The minimum atomic E-state index is 0.0574. The Morgan fingerprint density at radius 3 is 2.72 bits per heavy atom. The maximum absolute atomic E-state index is 12.9. The van der Waals surface area contributed by atoms with Gasteiger partial charge in [-0.25, -0.2) is 0 Å². The van der Waals surface area contributed by atoms with Crippen molar-refractivity contribution in [3.05, 3.63) is 59.5 Å². The number of carbonyl (C=O) groups excluding carboxylic acids is 1. The number of fused-ring (bicyclic) bond motifs is 1. The summed E-state index contributed by atoms with van der Waals surface area (Å²) in [6.45, 7) is 3.13. The first-order valence-electron chi connectivity index (χ1n) is 12.0. The molecule has 1 saturated heterocycles. The molecule has 1 amide bonds. The highest BCUT2D eigenvalue weighted by atomic mass is 16.1. The van der Waals surface area contributed by atoms with Crippen molar-refractivity contribution in [3.63, 3.8) is 0 Å². The number of hydrogen-bond acceptors (Lipinski definition) is 4. The van der Waals surface area contributed by atoms with Gasteiger partial charge in [-0.15, -0.1) is 0 Å². The predicted octanol–water partition coefficient (Wildman–Crippen LogP) is 4.10. The standard InChI is InChI=1S/C26H33N5O/c1-30-18-23(26(32)28-21-7-2-3-8-21)25(29-30)16-19-11-14-31(15-12-19)17-20-6-4-10-24-22(20)9-5-13-27-24/h4-6,9-10,13,18-19,21H,2-3,7-8,11-12,14-17H2,1H3,(H,28,32). The van der Waals surface area contributed by atoms with Crippen molar-refractivity contribution in [2.45, 2.75) is 57.5 Å². The van der Waals surface area contributed by atoms with Gasteiger partial charge in [-0.2, -0.15) is 5.10 Å². The SMILES string of the molecule is Cn1cc(C(=O)NC2CCCC2)c(CC2CCN(Cc3cccc4ncccc34)CC2)n1. The number of pyridine rings is 1. The molecule has 1 aromatic carbocycles. The molecule has 1 aliphatic heterocycles. The summed E-state index contributed by atoms with van der Waals surface area (Å²) in [6.07, 6.45) is 11.6. The van der Waals surface area contributed by atoms with Crippen LogP contribution in [0.2, 0.25) is 0 Å². The molecule has 2 aliphatic rings. The van der Waals surface area contributed by atoms with E-state index in [1.54, 1.807) is 4.68 Å². The third-order valence-electron chi connectivity index (χ3n) is 7.16. The van der Waals surface area contributed by atoms with E-state index in [9.17, 15) is 4.79 Å². The van der Waals surface area contributed by atoms with Gasteiger partial charge in [0.2, 0.25) is 0 Å². The Kier molecular flexibility index (Phi) is 6.21. The molecule has 1 N–H and O–H groups in total. The third-order valence-corrected chi connectivity index (χ3v) is 7.16. The van der Waals surface area contributed by atoms with Crippen molar-refractivity contribution in [1.29, 1.82) is 0 Å². The Hall–Kier alpha value is -2.73. The molecule has 1 saturated carbocycles. The minimum Gasteiger partial charge on any atom is -0.349 e. The first kappa shape index (κ1) is 21.1. The van der Waals surface area contributed by atoms with Crippen LogP contribution < -0.4 is 5.32 Å². The van der Waals surface area contributed by atoms with Crippen LogP contribution in [0.15, 0.2) is 42.7 Å². The monoisotopic (exact) mass is 431 g/mol. The number of hydrogen-bond donors (Lipinski definition) is 1. The zero-order valence-corrected chi connectivity index (χ0v) is 19.0. The fraction of sp³-hybridized carbons (Fsp3) is 0.500. The molecule has 2 aromatic heterocycles. The number of benzene rings is 1. The highest BCUT2D eigenvalue weighted by molar-refractivity contribution is 5.95. The lowest BCUT2D eigenvalue weighted by molar-refractivity contribution is 0.0936. The van der Waals surface area contributed by atoms with Crippen LogP contribution in [0, 0.1) is 5.92 Å². The number of aryl methyl sites for hydroxylation is 1. The Morgan fingerprint density at radius 2 is 1.91 bits per heavy atom. The predicted molar refractivity (Wildman–Crippen MR) is 126 cm³/mol. The van der Waals surface area contributed by atoms with Gasteiger partial charge in [-0.3, -0.25) is 19.4 Å². The van der Waals surface area contributed by atoms with E-state index in [0.29, 0.717) is 12.0 Å². The van der Waals surface area contributed by atoms with Crippen molar-refractivity contribution in [2.24, 2.45) is 13.0 Å². The number of nitrogens with one attached hydrogen (secondary N) is 1. The van der Waals surface area contributed by atoms with Crippen LogP contribution in [0.1, 0.15) is 60.1 Å². The molecule has 32 heavy (non-hydrogen) atoms. The number of carbonyl (C=O) groups is 1. The van der Waals surface area contributed by atoms with Gasteiger partial charge in [-0.05, 0) is 68.8 Å². The van der Waals surface area contributed by atoms with Crippen LogP contribution in [0.5, 0.6) is 0 Å². The summed E-state index contributed by atoms with van der Waals surface area (Å²) in [7, 11) is 1.91. The van der Waals surface area contributed by atoms with Crippen molar-refractivity contribution < 1.29 is 4.79 Å². The molecule has 0 bridgehead atoms. The van der Waals surface area contributed by atoms with Gasteiger partial charge in [0.05, 0.1) is 16.8 Å². The van der Waals surface area contributed by atoms with E-state index in [1.807, 2.05) is 25.5 Å². The summed E-state index contributed by atoms with van der Waals surface area (Å²) in [5, 5.41) is 9.14. The topological polar surface area (TPSA) is 63.1 Å². The number of likely N-dealkylation sites (tertiary alicyclic amines) is 1. The molecule has 0 spiro atoms. The number of aromatic nitrogens is 3. The maximum atomic E-state index is 12.9. The maximum Gasteiger partial charge on any atom is 0.254 e. The van der Waals surface area contributed by atoms with E-state index in [0.717, 1.165) is 68.5 Å².